The molecule has 7 aliphatic heterocycles. The zero-order valence-electron chi connectivity index (χ0n) is 56.3. The third-order valence-corrected chi connectivity index (χ3v) is 18.7. The smallest absolute Gasteiger partial charge is 0.330 e. The second-order valence-electron chi connectivity index (χ2n) is 26.5. The van der Waals surface area contributed by atoms with Gasteiger partial charge in [-0.1, -0.05) is 68.6 Å². The van der Waals surface area contributed by atoms with Crippen LogP contribution in [0.4, 0.5) is 0 Å². The number of aliphatic imine (C=N–C) groups is 1. The zero-order valence-corrected chi connectivity index (χ0v) is 57.8. The summed E-state index contributed by atoms with van der Waals surface area (Å²) in [5.41, 5.74) is 8.02. The first kappa shape index (κ1) is 77.1. The highest BCUT2D eigenvalue weighted by Crippen LogP contribution is 2.50. The number of ether oxygens (including phenoxy) is 6. The average Bonchev–Trinajstić information content (AvgIpc) is 0.769. The second-order valence-corrected chi connectivity index (χ2v) is 27.3. The number of aliphatic carboxylic acids is 1. The number of phenols is 3. The van der Waals surface area contributed by atoms with Gasteiger partial charge in [-0.2, -0.15) is 0 Å². The van der Waals surface area contributed by atoms with Gasteiger partial charge in [-0.05, 0) is 116 Å². The quantitative estimate of drug-likeness (QED) is 0.0664. The van der Waals surface area contributed by atoms with Crippen LogP contribution < -0.4 is 57.6 Å². The van der Waals surface area contributed by atoms with Crippen molar-refractivity contribution in [2.45, 2.75) is 176 Å². The van der Waals surface area contributed by atoms with Gasteiger partial charge < -0.3 is 123 Å². The number of carboxylic acid groups (broad SMARTS) is 1. The first-order valence-electron chi connectivity index (χ1n) is 33.0. The fourth-order valence-corrected chi connectivity index (χ4v) is 13.1. The molecule has 104 heavy (non-hydrogen) atoms. The molecule has 20 N–H and O–H groups in total. The maximum absolute atomic E-state index is 16.1. The van der Waals surface area contributed by atoms with Crippen molar-refractivity contribution in [2.75, 3.05) is 6.61 Å². The highest BCUT2D eigenvalue weighted by molar-refractivity contribution is 6.32. The summed E-state index contributed by atoms with van der Waals surface area (Å²) in [7, 11) is 0. The van der Waals surface area contributed by atoms with Crippen molar-refractivity contribution in [3.05, 3.63) is 117 Å². The van der Waals surface area contributed by atoms with Crippen LogP contribution in [0.15, 0.2) is 83.9 Å². The molecular formula is C69H79Cl2N9O24. The van der Waals surface area contributed by atoms with Gasteiger partial charge in [-0.25, -0.2) is 4.79 Å². The minimum absolute atomic E-state index is 0.144. The minimum atomic E-state index is -2.35. The van der Waals surface area contributed by atoms with Gasteiger partial charge in [0.05, 0.1) is 35.3 Å². The average molecular weight is 1490 g/mol. The van der Waals surface area contributed by atoms with Crippen LogP contribution in [-0.2, 0) is 52.6 Å². The van der Waals surface area contributed by atoms with Crippen molar-refractivity contribution in [3.63, 3.8) is 0 Å². The van der Waals surface area contributed by atoms with Gasteiger partial charge in [0, 0.05) is 34.7 Å². The van der Waals surface area contributed by atoms with Crippen molar-refractivity contribution < 1.29 is 118 Å². The number of hydrogen-bond donors (Lipinski definition) is 18. The minimum Gasteiger partial charge on any atom is -0.508 e. The summed E-state index contributed by atoms with van der Waals surface area (Å²) in [5, 5.41) is 128. The molecule has 2 fully saturated rings. The van der Waals surface area contributed by atoms with E-state index in [9.17, 15) is 75.0 Å². The topological polar surface area (TPSA) is 531 Å². The van der Waals surface area contributed by atoms with Gasteiger partial charge in [-0.3, -0.25) is 38.6 Å². The van der Waals surface area contributed by atoms with Crippen molar-refractivity contribution >= 4 is 76.7 Å². The normalized spacial score (nSPS) is 29.0. The van der Waals surface area contributed by atoms with E-state index in [0.29, 0.717) is 12.8 Å². The van der Waals surface area contributed by atoms with Crippen LogP contribution in [-0.4, -0.2) is 190 Å². The molecule has 33 nitrogen and oxygen atoms in total. The molecule has 12 rings (SSSR count). The molecule has 7 aliphatic rings. The highest BCUT2D eigenvalue weighted by atomic mass is 35.5. The molecule has 0 saturated carbocycles. The number of aliphatic hydroxyl groups excluding tert-OH is 6. The number of phenolic OH excluding ortho intramolecular Hbond substituents is 3. The predicted molar refractivity (Wildman–Crippen MR) is 364 cm³/mol. The van der Waals surface area contributed by atoms with E-state index >= 15 is 14.4 Å². The lowest BCUT2D eigenvalue weighted by Crippen LogP contribution is -2.64. The number of aliphatic hydroxyl groups is 6. The number of nitrogens with one attached hydrogen (secondary N) is 6. The van der Waals surface area contributed by atoms with Crippen molar-refractivity contribution in [3.8, 4) is 57.1 Å². The Morgan fingerprint density at radius 1 is 0.740 bits per heavy atom. The molecule has 0 aliphatic carbocycles. The predicted octanol–water partition coefficient (Wildman–Crippen LogP) is 1.76. The number of nitrogens with two attached hydrogens (primary N) is 2. The maximum Gasteiger partial charge on any atom is 0.330 e. The van der Waals surface area contributed by atoms with Gasteiger partial charge in [0.15, 0.2) is 29.9 Å². The molecule has 11 bridgehead atoms. The first-order valence-corrected chi connectivity index (χ1v) is 33.7. The largest absolute Gasteiger partial charge is 0.508 e. The number of carbonyl (C=O) groups is 8. The van der Waals surface area contributed by atoms with Gasteiger partial charge in [-0.15, -0.1) is 0 Å². The molecule has 558 valence electrons. The lowest BCUT2D eigenvalue weighted by atomic mass is 9.86. The van der Waals surface area contributed by atoms with E-state index in [4.69, 9.17) is 63.1 Å². The number of primary amides is 1. The Hall–Kier alpha value is -9.49. The SMILES string of the molecule is CCCC=N[C@H](CC(C)C)C(=O)N[C@H]1C(=O)N[C@@H](CC(N)=O)C(=O)N[C@@H]2C(=O)N[C@H]3C(=O)N[C@H](C(=O)N[C@H](C(=O)O)c4cc(O)cc(O)c4-c4cc3ccc4O)[C@H](O)c3ccc(c(Cl)c3)Oc3cc2cc(c3O[C@@H]2O[C@H](CO)[C@@H](O)[C@H](O)[C@H]2O[C@H]2C[C@](C)(N)[C@H](O)[C@H](C)O2)Oc2ccc(cc2Cl)[C@H]1O. The molecule has 0 unspecified atom stereocenters. The van der Waals surface area contributed by atoms with Crippen LogP contribution in [0.1, 0.15) is 125 Å². The number of amides is 7. The van der Waals surface area contributed by atoms with Crippen LogP contribution in [0.5, 0.6) is 46.0 Å². The Kier molecular flexibility index (Phi) is 23.6. The summed E-state index contributed by atoms with van der Waals surface area (Å²) in [6.45, 7) is 7.53. The van der Waals surface area contributed by atoms with E-state index in [2.05, 4.69) is 36.9 Å². The van der Waals surface area contributed by atoms with Crippen LogP contribution in [0, 0.1) is 5.92 Å². The number of benzene rings is 5. The lowest BCUT2D eigenvalue weighted by molar-refractivity contribution is -0.333. The number of nitrogens with zero attached hydrogens (tertiary/aromatic N) is 1. The molecule has 0 radical (unpaired) electrons. The summed E-state index contributed by atoms with van der Waals surface area (Å²) >= 11 is 14.2. The number of halogens is 2. The molecule has 5 aromatic rings. The second kappa shape index (κ2) is 31.9. The number of aromatic hydroxyl groups is 3. The Balaban J connectivity index is 1.23. The molecule has 35 heteroatoms. The Morgan fingerprint density at radius 3 is 1.95 bits per heavy atom. The fourth-order valence-electron chi connectivity index (χ4n) is 12.7. The fraction of sp³-hybridized carbons (Fsp3) is 0.435. The number of rotatable bonds is 15. The van der Waals surface area contributed by atoms with E-state index < -0.39 is 237 Å². The van der Waals surface area contributed by atoms with E-state index in [-0.39, 0.29) is 46.2 Å². The van der Waals surface area contributed by atoms with E-state index in [1.54, 1.807) is 0 Å². The lowest BCUT2D eigenvalue weighted by Gasteiger charge is -2.47. The van der Waals surface area contributed by atoms with E-state index in [1.807, 2.05) is 20.8 Å². The summed E-state index contributed by atoms with van der Waals surface area (Å²) in [6.07, 6.45) is -16.0. The van der Waals surface area contributed by atoms with Gasteiger partial charge >= 0.3 is 5.97 Å². The molecule has 18 atom stereocenters. The number of unbranched alkanes of at least 4 members (excludes halogenated alkanes) is 1. The molecule has 5 aromatic carbocycles. The molecule has 7 amide bonds. The Labute approximate surface area is 602 Å². The highest BCUT2D eigenvalue weighted by Gasteiger charge is 2.51. The van der Waals surface area contributed by atoms with E-state index in [0.717, 1.165) is 66.7 Å². The maximum atomic E-state index is 16.1. The molecular weight excluding hydrogens is 1410 g/mol. The van der Waals surface area contributed by atoms with Gasteiger partial charge in [0.2, 0.25) is 53.4 Å². The van der Waals surface area contributed by atoms with Gasteiger partial charge in [0.25, 0.3) is 0 Å². The molecule has 2 saturated heterocycles. The Morgan fingerprint density at radius 2 is 1.36 bits per heavy atom. The standard InChI is InChI=1S/C69H79Cl2N9O24/c1-6-7-14-74-37(15-26(2)3)61(91)79-52-54(86)29-9-12-41(35(70)17-29)100-43-19-31-20-44(58(43)104-68-59(57(89)56(88)45(25-81)102-68)103-47-24-69(5,73)60(90)27(4)99-47)101-42-13-10-30(18-36(42)71)55(87)53-66(96)78-51(67(97)98)34-21-32(82)22-40(84)48(34)33-16-28(8-11-39(33)83)49(63(93)80-53)77-64(94)50(31)76-62(92)38(23-46(72)85)75-65(52)95/h8-14,16-22,26-27,37-38,45,47,49-57,59-60,68,81-84,86-90H,6-7,15,23-25,73H2,1-5H3,(H2,72,85)(H,75,95)(H,76,92)(H,77,94)(H,78,96)(H,79,91)(H,80,93)(H,97,98)/t27-,37+,38-,45+,47-,49+,50-,51-,52+,53-,54+,55+,56+,57-,59+,60+,68-,69-/m0/s1. The summed E-state index contributed by atoms with van der Waals surface area (Å²) in [5.74, 6) is -16.1. The van der Waals surface area contributed by atoms with Gasteiger partial charge in [0.1, 0.15) is 95.5 Å². The number of hydrogen-bond acceptors (Lipinski definition) is 25. The summed E-state index contributed by atoms with van der Waals surface area (Å²) < 4.78 is 38.4. The number of fused-ring (bicyclic) bond motifs is 15. The van der Waals surface area contributed by atoms with Crippen molar-refractivity contribution in [1.82, 2.24) is 31.9 Å². The van der Waals surface area contributed by atoms with Crippen LogP contribution in [0.3, 0.4) is 0 Å². The Bertz CT molecular complexity index is 4190. The molecule has 0 aromatic heterocycles. The first-order chi connectivity index (χ1) is 49.2. The third-order valence-electron chi connectivity index (χ3n) is 18.1. The summed E-state index contributed by atoms with van der Waals surface area (Å²) in [4.78, 5) is 122. The van der Waals surface area contributed by atoms with Crippen molar-refractivity contribution in [2.24, 2.45) is 22.4 Å². The molecule has 7 heterocycles. The number of carbonyl (C=O) groups excluding carboxylic acids is 7. The van der Waals surface area contributed by atoms with E-state index in [1.165, 1.54) is 32.2 Å². The monoisotopic (exact) mass is 1490 g/mol. The zero-order chi connectivity index (χ0) is 75.7. The third kappa shape index (κ3) is 16.7. The van der Waals surface area contributed by atoms with Crippen LogP contribution in [0.2, 0.25) is 10.0 Å². The van der Waals surface area contributed by atoms with Crippen molar-refractivity contribution in [1.29, 1.82) is 0 Å². The van der Waals surface area contributed by atoms with Crippen LogP contribution >= 0.6 is 23.2 Å². The summed E-state index contributed by atoms with van der Waals surface area (Å²) in [6, 6.07) is -0.898. The van der Waals surface area contributed by atoms with Crippen LogP contribution in [0.25, 0.3) is 11.1 Å². The number of carboxylic acids is 1. The molecule has 0 spiro atoms.